The average molecular weight is 311 g/mol. The van der Waals surface area contributed by atoms with Gasteiger partial charge >= 0.3 is 0 Å². The summed E-state index contributed by atoms with van der Waals surface area (Å²) >= 11 is 7.02. The first-order chi connectivity index (χ1) is 9.61. The zero-order valence-electron chi connectivity index (χ0n) is 10.9. The van der Waals surface area contributed by atoms with Crippen LogP contribution >= 0.6 is 23.1 Å². The van der Waals surface area contributed by atoms with Crippen LogP contribution in [-0.2, 0) is 6.42 Å². The third-order valence-electron chi connectivity index (χ3n) is 2.79. The second kappa shape index (κ2) is 6.58. The smallest absolute Gasteiger partial charge is 0.257 e. The molecule has 2 aromatic rings. The van der Waals surface area contributed by atoms with Gasteiger partial charge in [0.1, 0.15) is 10.6 Å². The fourth-order valence-corrected chi connectivity index (χ4v) is 2.60. The van der Waals surface area contributed by atoms with Gasteiger partial charge in [-0.15, -0.1) is 0 Å². The first kappa shape index (κ1) is 14.6. The van der Waals surface area contributed by atoms with Gasteiger partial charge in [-0.3, -0.25) is 4.79 Å². The van der Waals surface area contributed by atoms with E-state index in [0.29, 0.717) is 17.1 Å². The number of carbonyl (C=O) groups excluding carboxylic acids is 1. The summed E-state index contributed by atoms with van der Waals surface area (Å²) in [5.41, 5.74) is 7.28. The number of rotatable bonds is 5. The Morgan fingerprint density at radius 2 is 2.10 bits per heavy atom. The zero-order valence-corrected chi connectivity index (χ0v) is 12.5. The molecule has 0 saturated carbocycles. The van der Waals surface area contributed by atoms with Crippen LogP contribution in [0.15, 0.2) is 24.3 Å². The van der Waals surface area contributed by atoms with E-state index in [9.17, 15) is 4.79 Å². The molecule has 0 saturated heterocycles. The summed E-state index contributed by atoms with van der Waals surface area (Å²) < 4.78 is 4.00. The SMILES string of the molecule is CNC(=O)c1c(N)nsc1NCCc1ccc(Cl)cc1. The van der Waals surface area contributed by atoms with E-state index in [2.05, 4.69) is 15.0 Å². The highest BCUT2D eigenvalue weighted by Gasteiger charge is 2.17. The van der Waals surface area contributed by atoms with Gasteiger partial charge in [-0.2, -0.15) is 4.37 Å². The van der Waals surface area contributed by atoms with E-state index in [1.165, 1.54) is 17.1 Å². The van der Waals surface area contributed by atoms with Crippen molar-refractivity contribution < 1.29 is 4.79 Å². The van der Waals surface area contributed by atoms with Gasteiger partial charge in [-0.05, 0) is 35.6 Å². The van der Waals surface area contributed by atoms with Crippen molar-refractivity contribution >= 4 is 39.9 Å². The number of halogens is 1. The molecule has 0 unspecified atom stereocenters. The maximum Gasteiger partial charge on any atom is 0.257 e. The lowest BCUT2D eigenvalue weighted by Crippen LogP contribution is -2.20. The standard InChI is InChI=1S/C13H15ClN4OS/c1-16-12(19)10-11(15)18-20-13(10)17-7-6-8-2-4-9(14)5-3-8/h2-5,17H,6-7H2,1H3,(H2,15,18)(H,16,19). The van der Waals surface area contributed by atoms with E-state index < -0.39 is 0 Å². The predicted octanol–water partition coefficient (Wildman–Crippen LogP) is 2.39. The quantitative estimate of drug-likeness (QED) is 0.792. The molecule has 0 radical (unpaired) electrons. The molecule has 0 fully saturated rings. The topological polar surface area (TPSA) is 80.0 Å². The minimum Gasteiger partial charge on any atom is -0.382 e. The molecule has 0 bridgehead atoms. The van der Waals surface area contributed by atoms with Crippen LogP contribution in [0.3, 0.4) is 0 Å². The van der Waals surface area contributed by atoms with Crippen LogP contribution in [0.25, 0.3) is 0 Å². The zero-order chi connectivity index (χ0) is 14.5. The Labute approximate surface area is 126 Å². The Kier molecular flexibility index (Phi) is 4.81. The number of hydrogen-bond acceptors (Lipinski definition) is 5. The normalized spacial score (nSPS) is 10.3. The lowest BCUT2D eigenvalue weighted by atomic mass is 10.1. The van der Waals surface area contributed by atoms with Gasteiger partial charge in [0, 0.05) is 18.6 Å². The van der Waals surface area contributed by atoms with Crippen LogP contribution in [0, 0.1) is 0 Å². The van der Waals surface area contributed by atoms with Crippen molar-refractivity contribution in [3.8, 4) is 0 Å². The fraction of sp³-hybridized carbons (Fsp3) is 0.231. The number of nitrogens with two attached hydrogens (primary N) is 1. The molecule has 0 spiro atoms. The first-order valence-electron chi connectivity index (χ1n) is 6.07. The lowest BCUT2D eigenvalue weighted by Gasteiger charge is -2.06. The number of hydrogen-bond donors (Lipinski definition) is 3. The second-order valence-corrected chi connectivity index (χ2v) is 5.36. The maximum atomic E-state index is 11.7. The molecule has 2 rings (SSSR count). The Morgan fingerprint density at radius 1 is 1.40 bits per heavy atom. The maximum absolute atomic E-state index is 11.7. The van der Waals surface area contributed by atoms with Crippen molar-refractivity contribution in [3.63, 3.8) is 0 Å². The molecule has 0 aliphatic carbocycles. The van der Waals surface area contributed by atoms with Gasteiger partial charge in [-0.25, -0.2) is 0 Å². The molecule has 7 heteroatoms. The van der Waals surface area contributed by atoms with Crippen LogP contribution < -0.4 is 16.4 Å². The number of benzene rings is 1. The van der Waals surface area contributed by atoms with Gasteiger partial charge in [0.15, 0.2) is 5.82 Å². The highest BCUT2D eigenvalue weighted by molar-refractivity contribution is 7.11. The third-order valence-corrected chi connectivity index (χ3v) is 3.86. The molecule has 106 valence electrons. The van der Waals surface area contributed by atoms with Crippen LogP contribution in [0.1, 0.15) is 15.9 Å². The molecule has 1 aromatic carbocycles. The van der Waals surface area contributed by atoms with Gasteiger partial charge in [0.25, 0.3) is 5.91 Å². The Hall–Kier alpha value is -1.79. The van der Waals surface area contributed by atoms with Gasteiger partial charge in [0.2, 0.25) is 0 Å². The third kappa shape index (κ3) is 3.40. The van der Waals surface area contributed by atoms with Crippen molar-refractivity contribution in [2.75, 3.05) is 24.6 Å². The molecule has 1 heterocycles. The largest absolute Gasteiger partial charge is 0.382 e. The van der Waals surface area contributed by atoms with Crippen molar-refractivity contribution in [3.05, 3.63) is 40.4 Å². The number of anilines is 2. The summed E-state index contributed by atoms with van der Waals surface area (Å²) in [6, 6.07) is 7.67. The molecule has 0 atom stereocenters. The molecule has 5 nitrogen and oxygen atoms in total. The molecule has 4 N–H and O–H groups in total. The molecule has 1 amide bonds. The predicted molar refractivity (Wildman–Crippen MR) is 83.6 cm³/mol. The van der Waals surface area contributed by atoms with E-state index in [-0.39, 0.29) is 11.7 Å². The number of carbonyl (C=O) groups is 1. The summed E-state index contributed by atoms with van der Waals surface area (Å²) in [5.74, 6) is 0.0218. The Balaban J connectivity index is 1.97. The Morgan fingerprint density at radius 3 is 2.75 bits per heavy atom. The molecule has 0 aliphatic heterocycles. The van der Waals surface area contributed by atoms with Gasteiger partial charge in [-0.1, -0.05) is 23.7 Å². The second-order valence-electron chi connectivity index (χ2n) is 4.15. The average Bonchev–Trinajstić information content (AvgIpc) is 2.81. The first-order valence-corrected chi connectivity index (χ1v) is 7.22. The summed E-state index contributed by atoms with van der Waals surface area (Å²) in [6.45, 7) is 0.688. The monoisotopic (exact) mass is 310 g/mol. The molecule has 0 aliphatic rings. The van der Waals surface area contributed by atoms with Gasteiger partial charge in [0.05, 0.1) is 0 Å². The summed E-state index contributed by atoms with van der Waals surface area (Å²) in [6.07, 6.45) is 0.822. The molecular formula is C13H15ClN4OS. The fourth-order valence-electron chi connectivity index (χ4n) is 1.74. The summed E-state index contributed by atoms with van der Waals surface area (Å²) in [5, 5.41) is 7.16. The van der Waals surface area contributed by atoms with E-state index >= 15 is 0 Å². The van der Waals surface area contributed by atoms with Crippen LogP contribution in [0.4, 0.5) is 10.8 Å². The minimum absolute atomic E-state index is 0.231. The van der Waals surface area contributed by atoms with Gasteiger partial charge < -0.3 is 16.4 Å². The van der Waals surface area contributed by atoms with Crippen LogP contribution in [0.2, 0.25) is 5.02 Å². The van der Waals surface area contributed by atoms with Crippen LogP contribution in [-0.4, -0.2) is 23.9 Å². The molecule has 1 aromatic heterocycles. The number of amides is 1. The lowest BCUT2D eigenvalue weighted by molar-refractivity contribution is 0.0965. The highest BCUT2D eigenvalue weighted by atomic mass is 35.5. The van der Waals surface area contributed by atoms with Crippen LogP contribution in [0.5, 0.6) is 0 Å². The van der Waals surface area contributed by atoms with Crippen molar-refractivity contribution in [2.24, 2.45) is 0 Å². The minimum atomic E-state index is -0.231. The highest BCUT2D eigenvalue weighted by Crippen LogP contribution is 2.26. The van der Waals surface area contributed by atoms with Crippen molar-refractivity contribution in [2.45, 2.75) is 6.42 Å². The summed E-state index contributed by atoms with van der Waals surface area (Å²) in [7, 11) is 1.57. The molecule has 20 heavy (non-hydrogen) atoms. The summed E-state index contributed by atoms with van der Waals surface area (Å²) in [4.78, 5) is 11.7. The molecular weight excluding hydrogens is 296 g/mol. The van der Waals surface area contributed by atoms with E-state index in [1.807, 2.05) is 24.3 Å². The van der Waals surface area contributed by atoms with E-state index in [1.54, 1.807) is 7.05 Å². The van der Waals surface area contributed by atoms with E-state index in [4.69, 9.17) is 17.3 Å². The Bertz CT molecular complexity index is 597. The van der Waals surface area contributed by atoms with Crippen molar-refractivity contribution in [1.29, 1.82) is 0 Å². The number of nitrogen functional groups attached to an aromatic ring is 1. The number of nitrogens with one attached hydrogen (secondary N) is 2. The van der Waals surface area contributed by atoms with Crippen molar-refractivity contribution in [1.82, 2.24) is 9.69 Å². The number of nitrogens with zero attached hydrogens (tertiary/aromatic N) is 1. The van der Waals surface area contributed by atoms with E-state index in [0.717, 1.165) is 11.4 Å². The number of aromatic nitrogens is 1.